The fourth-order valence-electron chi connectivity index (χ4n) is 1.60. The molecule has 1 aromatic heterocycles. The third-order valence-corrected chi connectivity index (χ3v) is 3.84. The van der Waals surface area contributed by atoms with Gasteiger partial charge in [-0.2, -0.15) is 0 Å². The van der Waals surface area contributed by atoms with Gasteiger partial charge in [-0.3, -0.25) is 4.98 Å². The zero-order valence-corrected chi connectivity index (χ0v) is 13.1. The highest BCUT2D eigenvalue weighted by Crippen LogP contribution is 2.19. The van der Waals surface area contributed by atoms with Crippen LogP contribution in [0.3, 0.4) is 0 Å². The second-order valence-corrected chi connectivity index (χ2v) is 5.77. The van der Waals surface area contributed by atoms with Crippen molar-refractivity contribution >= 4 is 31.9 Å². The maximum atomic E-state index is 8.91. The lowest BCUT2D eigenvalue weighted by molar-refractivity contribution is 0.251. The van der Waals surface area contributed by atoms with E-state index in [1.807, 2.05) is 6.07 Å². The molecule has 17 heavy (non-hydrogen) atoms. The maximum absolute atomic E-state index is 8.91. The van der Waals surface area contributed by atoms with Crippen molar-refractivity contribution < 1.29 is 5.11 Å². The van der Waals surface area contributed by atoms with Crippen molar-refractivity contribution in [1.29, 1.82) is 0 Å². The third-order valence-electron chi connectivity index (χ3n) is 2.72. The molecular weight excluding hydrogens is 348 g/mol. The van der Waals surface area contributed by atoms with Gasteiger partial charge in [-0.1, -0.05) is 13.3 Å². The van der Waals surface area contributed by atoms with E-state index >= 15 is 0 Å². The van der Waals surface area contributed by atoms with Crippen LogP contribution in [0, 0.1) is 5.92 Å². The highest BCUT2D eigenvalue weighted by Gasteiger charge is 2.06. The summed E-state index contributed by atoms with van der Waals surface area (Å²) in [5.41, 5.74) is 1.01. The fourth-order valence-corrected chi connectivity index (χ4v) is 2.73. The minimum atomic E-state index is 0.264. The van der Waals surface area contributed by atoms with Gasteiger partial charge in [-0.15, -0.1) is 0 Å². The highest BCUT2D eigenvalue weighted by molar-refractivity contribution is 9.11. The van der Waals surface area contributed by atoms with Gasteiger partial charge in [0.05, 0.1) is 5.69 Å². The van der Waals surface area contributed by atoms with Crippen LogP contribution in [0.25, 0.3) is 0 Å². The molecule has 0 saturated carbocycles. The van der Waals surface area contributed by atoms with E-state index in [4.69, 9.17) is 5.11 Å². The van der Waals surface area contributed by atoms with Crippen LogP contribution < -0.4 is 5.32 Å². The molecule has 0 amide bonds. The standard InChI is InChI=1S/C12H18Br2N2O/c1-2-9(3-4-17)6-15-8-12-11(14)5-10(13)7-16-12/h5,7,9,15,17H,2-4,6,8H2,1H3. The van der Waals surface area contributed by atoms with Gasteiger partial charge in [0.2, 0.25) is 0 Å². The molecule has 2 N–H and O–H groups in total. The Balaban J connectivity index is 2.39. The van der Waals surface area contributed by atoms with Crippen molar-refractivity contribution in [3.63, 3.8) is 0 Å². The average Bonchev–Trinajstić information content (AvgIpc) is 2.30. The summed E-state index contributed by atoms with van der Waals surface area (Å²) in [4.78, 5) is 4.34. The van der Waals surface area contributed by atoms with Gasteiger partial charge in [0.15, 0.2) is 0 Å². The highest BCUT2D eigenvalue weighted by atomic mass is 79.9. The summed E-state index contributed by atoms with van der Waals surface area (Å²) in [7, 11) is 0. The molecule has 0 saturated heterocycles. The van der Waals surface area contributed by atoms with Crippen LogP contribution in [-0.4, -0.2) is 23.2 Å². The van der Waals surface area contributed by atoms with Crippen LogP contribution in [0.4, 0.5) is 0 Å². The van der Waals surface area contributed by atoms with Crippen LogP contribution in [0.1, 0.15) is 25.5 Å². The van der Waals surface area contributed by atoms with E-state index in [2.05, 4.69) is 49.1 Å². The minimum Gasteiger partial charge on any atom is -0.396 e. The Bertz CT molecular complexity index is 347. The van der Waals surface area contributed by atoms with E-state index in [1.165, 1.54) is 0 Å². The molecular formula is C12H18Br2N2O. The zero-order chi connectivity index (χ0) is 12.7. The van der Waals surface area contributed by atoms with Crippen molar-refractivity contribution in [1.82, 2.24) is 10.3 Å². The van der Waals surface area contributed by atoms with E-state index < -0.39 is 0 Å². The van der Waals surface area contributed by atoms with Crippen LogP contribution >= 0.6 is 31.9 Å². The van der Waals surface area contributed by atoms with Crippen molar-refractivity contribution in [3.05, 3.63) is 26.9 Å². The predicted octanol–water partition coefficient (Wildman–Crippen LogP) is 3.10. The fraction of sp³-hybridized carbons (Fsp3) is 0.583. The normalized spacial score (nSPS) is 12.7. The molecule has 0 radical (unpaired) electrons. The van der Waals surface area contributed by atoms with E-state index in [1.54, 1.807) is 6.20 Å². The molecule has 0 bridgehead atoms. The first-order chi connectivity index (χ1) is 8.17. The number of nitrogens with one attached hydrogen (secondary N) is 1. The molecule has 1 rings (SSSR count). The van der Waals surface area contributed by atoms with Gasteiger partial charge in [-0.25, -0.2) is 0 Å². The van der Waals surface area contributed by atoms with Crippen LogP contribution in [0.15, 0.2) is 21.2 Å². The molecule has 5 heteroatoms. The molecule has 0 fully saturated rings. The minimum absolute atomic E-state index is 0.264. The molecule has 1 heterocycles. The summed E-state index contributed by atoms with van der Waals surface area (Å²) in [6.07, 6.45) is 3.74. The molecule has 0 aromatic carbocycles. The molecule has 1 aromatic rings. The Morgan fingerprint density at radius 1 is 1.47 bits per heavy atom. The van der Waals surface area contributed by atoms with Crippen LogP contribution in [0.5, 0.6) is 0 Å². The largest absolute Gasteiger partial charge is 0.396 e. The monoisotopic (exact) mass is 364 g/mol. The van der Waals surface area contributed by atoms with Gasteiger partial charge in [-0.05, 0) is 56.8 Å². The quantitative estimate of drug-likeness (QED) is 0.780. The Morgan fingerprint density at radius 2 is 2.24 bits per heavy atom. The van der Waals surface area contributed by atoms with Crippen LogP contribution in [-0.2, 0) is 6.54 Å². The molecule has 0 spiro atoms. The summed E-state index contributed by atoms with van der Waals surface area (Å²) in [6, 6.07) is 2.00. The molecule has 0 aliphatic rings. The smallest absolute Gasteiger partial charge is 0.0684 e. The van der Waals surface area contributed by atoms with Gasteiger partial charge >= 0.3 is 0 Å². The number of hydrogen-bond acceptors (Lipinski definition) is 3. The maximum Gasteiger partial charge on any atom is 0.0684 e. The predicted molar refractivity (Wildman–Crippen MR) is 76.8 cm³/mol. The number of nitrogens with zero attached hydrogens (tertiary/aromatic N) is 1. The molecule has 3 nitrogen and oxygen atoms in total. The molecule has 0 aliphatic heterocycles. The number of aromatic nitrogens is 1. The number of hydrogen-bond donors (Lipinski definition) is 2. The first kappa shape index (κ1) is 15.1. The summed E-state index contributed by atoms with van der Waals surface area (Å²) in [5, 5.41) is 12.3. The molecule has 1 unspecified atom stereocenters. The van der Waals surface area contributed by atoms with Crippen LogP contribution in [0.2, 0.25) is 0 Å². The van der Waals surface area contributed by atoms with Gasteiger partial charge in [0.1, 0.15) is 0 Å². The first-order valence-electron chi connectivity index (χ1n) is 5.78. The van der Waals surface area contributed by atoms with Gasteiger partial charge in [0, 0.05) is 28.3 Å². The van der Waals surface area contributed by atoms with E-state index in [0.717, 1.165) is 40.6 Å². The van der Waals surface area contributed by atoms with E-state index in [9.17, 15) is 0 Å². The zero-order valence-electron chi connectivity index (χ0n) is 9.92. The topological polar surface area (TPSA) is 45.1 Å². The Hall–Kier alpha value is 0.0300. The Labute approximate surface area is 119 Å². The van der Waals surface area contributed by atoms with E-state index in [-0.39, 0.29) is 6.61 Å². The average molecular weight is 366 g/mol. The lowest BCUT2D eigenvalue weighted by Crippen LogP contribution is -2.23. The van der Waals surface area contributed by atoms with Gasteiger partial charge in [0.25, 0.3) is 0 Å². The number of halogens is 2. The Kier molecular flexibility index (Phi) is 7.27. The number of aliphatic hydroxyl groups excluding tert-OH is 1. The Morgan fingerprint density at radius 3 is 2.82 bits per heavy atom. The lowest BCUT2D eigenvalue weighted by Gasteiger charge is -2.14. The van der Waals surface area contributed by atoms with E-state index in [0.29, 0.717) is 5.92 Å². The molecule has 0 aliphatic carbocycles. The summed E-state index contributed by atoms with van der Waals surface area (Å²) >= 11 is 6.87. The lowest BCUT2D eigenvalue weighted by atomic mass is 10.0. The molecule has 96 valence electrons. The summed E-state index contributed by atoms with van der Waals surface area (Å²) < 4.78 is 1.98. The number of aliphatic hydroxyl groups is 1. The first-order valence-corrected chi connectivity index (χ1v) is 7.37. The van der Waals surface area contributed by atoms with Crippen molar-refractivity contribution in [3.8, 4) is 0 Å². The third kappa shape index (κ3) is 5.46. The van der Waals surface area contributed by atoms with Gasteiger partial charge < -0.3 is 10.4 Å². The number of pyridine rings is 1. The van der Waals surface area contributed by atoms with Crippen molar-refractivity contribution in [2.24, 2.45) is 5.92 Å². The van der Waals surface area contributed by atoms with Crippen molar-refractivity contribution in [2.75, 3.05) is 13.2 Å². The number of rotatable bonds is 7. The second kappa shape index (κ2) is 8.19. The molecule has 1 atom stereocenters. The summed E-state index contributed by atoms with van der Waals surface area (Å²) in [5.74, 6) is 0.536. The second-order valence-electron chi connectivity index (χ2n) is 4.00. The summed E-state index contributed by atoms with van der Waals surface area (Å²) in [6.45, 7) is 4.08. The van der Waals surface area contributed by atoms with Crippen molar-refractivity contribution in [2.45, 2.75) is 26.3 Å². The SMILES string of the molecule is CCC(CCO)CNCc1ncc(Br)cc1Br.